The van der Waals surface area contributed by atoms with E-state index in [1.54, 1.807) is 28.9 Å². The van der Waals surface area contributed by atoms with Crippen LogP contribution in [0.4, 0.5) is 5.82 Å². The van der Waals surface area contributed by atoms with E-state index in [2.05, 4.69) is 4.98 Å². The molecule has 0 saturated heterocycles. The Bertz CT molecular complexity index is 453. The van der Waals surface area contributed by atoms with Crippen molar-refractivity contribution >= 4 is 11.7 Å². The minimum atomic E-state index is -0.118. The van der Waals surface area contributed by atoms with Crippen LogP contribution in [0.15, 0.2) is 17.2 Å². The molecule has 1 aromatic rings. The average molecular weight is 237 g/mol. The highest BCUT2D eigenvalue weighted by molar-refractivity contribution is 5.77. The smallest absolute Gasteiger partial charge is 0.293 e. The van der Waals surface area contributed by atoms with Crippen LogP contribution >= 0.6 is 0 Å². The van der Waals surface area contributed by atoms with Gasteiger partial charge in [0.05, 0.1) is 5.84 Å². The molecule has 17 heavy (non-hydrogen) atoms. The van der Waals surface area contributed by atoms with E-state index in [0.29, 0.717) is 18.8 Å². The highest BCUT2D eigenvalue weighted by Crippen LogP contribution is 2.08. The molecule has 3 N–H and O–H groups in total. The molecule has 0 aliphatic heterocycles. The average Bonchev–Trinajstić information content (AvgIpc) is 2.27. The number of hydrogen-bond donors (Lipinski definition) is 2. The molecule has 1 rings (SSSR count). The first-order valence-corrected chi connectivity index (χ1v) is 5.58. The van der Waals surface area contributed by atoms with Gasteiger partial charge in [-0.2, -0.15) is 0 Å². The molecule has 0 spiro atoms. The van der Waals surface area contributed by atoms with Crippen molar-refractivity contribution in [1.29, 1.82) is 5.41 Å². The second kappa shape index (κ2) is 5.47. The van der Waals surface area contributed by atoms with Gasteiger partial charge >= 0.3 is 0 Å². The molecule has 1 aromatic heterocycles. The predicted molar refractivity (Wildman–Crippen MR) is 68.6 cm³/mol. The Hall–Kier alpha value is -1.85. The zero-order chi connectivity index (χ0) is 13.0. The Morgan fingerprint density at radius 2 is 2.35 bits per heavy atom. The van der Waals surface area contributed by atoms with E-state index in [1.807, 2.05) is 13.8 Å². The molecule has 1 unspecified atom stereocenters. The Morgan fingerprint density at radius 1 is 1.71 bits per heavy atom. The quantitative estimate of drug-likeness (QED) is 0.573. The predicted octanol–water partition coefficient (Wildman–Crippen LogP) is 0.414. The summed E-state index contributed by atoms with van der Waals surface area (Å²) in [6.45, 7) is 4.43. The number of anilines is 1. The van der Waals surface area contributed by atoms with Crippen molar-refractivity contribution in [2.75, 3.05) is 11.9 Å². The Labute approximate surface area is 101 Å². The largest absolute Gasteiger partial charge is 0.388 e. The zero-order valence-electron chi connectivity index (χ0n) is 10.5. The van der Waals surface area contributed by atoms with E-state index in [9.17, 15) is 4.79 Å². The number of nitrogens with zero attached hydrogens (tertiary/aromatic N) is 3. The highest BCUT2D eigenvalue weighted by atomic mass is 16.1. The van der Waals surface area contributed by atoms with Crippen LogP contribution in [0.2, 0.25) is 0 Å². The third-order valence-corrected chi connectivity index (χ3v) is 2.75. The summed E-state index contributed by atoms with van der Waals surface area (Å²) in [4.78, 5) is 17.9. The molecule has 1 atom stereocenters. The van der Waals surface area contributed by atoms with Crippen LogP contribution in [0.5, 0.6) is 0 Å². The first-order valence-electron chi connectivity index (χ1n) is 5.58. The molecule has 0 aliphatic rings. The third-order valence-electron chi connectivity index (χ3n) is 2.75. The van der Waals surface area contributed by atoms with Gasteiger partial charge in [-0.05, 0) is 13.8 Å². The molecule has 0 radical (unpaired) electrons. The van der Waals surface area contributed by atoms with Gasteiger partial charge in [-0.1, -0.05) is 0 Å². The van der Waals surface area contributed by atoms with Crippen LogP contribution < -0.4 is 16.2 Å². The van der Waals surface area contributed by atoms with E-state index in [-0.39, 0.29) is 17.4 Å². The van der Waals surface area contributed by atoms with Crippen molar-refractivity contribution in [2.45, 2.75) is 32.9 Å². The van der Waals surface area contributed by atoms with E-state index >= 15 is 0 Å². The molecule has 6 heteroatoms. The molecule has 0 bridgehead atoms. The standard InChI is InChI=1S/C11H19N5O/c1-4-16-6-5-14-10(11(16)17)15(3)8(2)7-9(12)13/h5-6,8H,4,7H2,1-3H3,(H3,12,13). The minimum absolute atomic E-state index is 0.0274. The highest BCUT2D eigenvalue weighted by Gasteiger charge is 2.16. The van der Waals surface area contributed by atoms with Gasteiger partial charge < -0.3 is 15.2 Å². The van der Waals surface area contributed by atoms with Gasteiger partial charge in [-0.25, -0.2) is 4.98 Å². The van der Waals surface area contributed by atoms with Crippen LogP contribution in [-0.4, -0.2) is 28.5 Å². The number of nitrogens with one attached hydrogen (secondary N) is 1. The van der Waals surface area contributed by atoms with E-state index in [4.69, 9.17) is 11.1 Å². The van der Waals surface area contributed by atoms with Crippen LogP contribution in [0, 0.1) is 5.41 Å². The monoisotopic (exact) mass is 237 g/mol. The fourth-order valence-electron chi connectivity index (χ4n) is 1.59. The summed E-state index contributed by atoms with van der Waals surface area (Å²) in [6.07, 6.45) is 3.69. The van der Waals surface area contributed by atoms with Crippen molar-refractivity contribution in [3.8, 4) is 0 Å². The van der Waals surface area contributed by atoms with E-state index in [1.165, 1.54) is 0 Å². The summed E-state index contributed by atoms with van der Waals surface area (Å²) in [5.74, 6) is 0.499. The van der Waals surface area contributed by atoms with Crippen molar-refractivity contribution in [3.63, 3.8) is 0 Å². The first-order chi connectivity index (χ1) is 7.97. The first kappa shape index (κ1) is 13.2. The Kier molecular flexibility index (Phi) is 4.25. The molecule has 0 amide bonds. The maximum absolute atomic E-state index is 12.0. The summed E-state index contributed by atoms with van der Waals surface area (Å²) in [7, 11) is 1.79. The SMILES string of the molecule is CCn1ccnc(N(C)C(C)CC(=N)N)c1=O. The topological polar surface area (TPSA) is 88.0 Å². The molecule has 0 saturated carbocycles. The van der Waals surface area contributed by atoms with Crippen molar-refractivity contribution in [3.05, 3.63) is 22.7 Å². The summed E-state index contributed by atoms with van der Waals surface area (Å²) in [5, 5.41) is 7.26. The van der Waals surface area contributed by atoms with Gasteiger partial charge in [-0.15, -0.1) is 0 Å². The van der Waals surface area contributed by atoms with Gasteiger partial charge in [-0.3, -0.25) is 10.2 Å². The lowest BCUT2D eigenvalue weighted by atomic mass is 10.2. The lowest BCUT2D eigenvalue weighted by molar-refractivity contribution is 0.667. The fraction of sp³-hybridized carbons (Fsp3) is 0.545. The number of hydrogen-bond acceptors (Lipinski definition) is 4. The second-order valence-corrected chi connectivity index (χ2v) is 4.03. The maximum Gasteiger partial charge on any atom is 0.293 e. The van der Waals surface area contributed by atoms with Gasteiger partial charge in [0.25, 0.3) is 5.56 Å². The van der Waals surface area contributed by atoms with Crippen LogP contribution in [-0.2, 0) is 6.54 Å². The molecule has 1 heterocycles. The summed E-state index contributed by atoms with van der Waals surface area (Å²) < 4.78 is 1.60. The number of rotatable bonds is 5. The van der Waals surface area contributed by atoms with Gasteiger partial charge in [0, 0.05) is 38.4 Å². The molecule has 94 valence electrons. The van der Waals surface area contributed by atoms with Crippen LogP contribution in [0.3, 0.4) is 0 Å². The molecule has 0 aromatic carbocycles. The number of amidine groups is 1. The molecular weight excluding hydrogens is 218 g/mol. The number of aromatic nitrogens is 2. The van der Waals surface area contributed by atoms with Gasteiger partial charge in [0.15, 0.2) is 5.82 Å². The van der Waals surface area contributed by atoms with Gasteiger partial charge in [0.1, 0.15) is 0 Å². The molecular formula is C11H19N5O. The van der Waals surface area contributed by atoms with Crippen LogP contribution in [0.25, 0.3) is 0 Å². The lowest BCUT2D eigenvalue weighted by Crippen LogP contribution is -2.38. The summed E-state index contributed by atoms with van der Waals surface area (Å²) in [6, 6.07) is -0.0274. The normalized spacial score (nSPS) is 12.2. The molecule has 0 aliphatic carbocycles. The summed E-state index contributed by atoms with van der Waals surface area (Å²) in [5.41, 5.74) is 5.24. The fourth-order valence-corrected chi connectivity index (χ4v) is 1.59. The van der Waals surface area contributed by atoms with Crippen molar-refractivity contribution in [1.82, 2.24) is 9.55 Å². The summed E-state index contributed by atoms with van der Waals surface area (Å²) >= 11 is 0. The third kappa shape index (κ3) is 3.05. The maximum atomic E-state index is 12.0. The van der Waals surface area contributed by atoms with E-state index in [0.717, 1.165) is 0 Å². The second-order valence-electron chi connectivity index (χ2n) is 4.03. The lowest BCUT2D eigenvalue weighted by Gasteiger charge is -2.25. The number of nitrogens with two attached hydrogens (primary N) is 1. The zero-order valence-corrected chi connectivity index (χ0v) is 10.5. The van der Waals surface area contributed by atoms with Gasteiger partial charge in [0.2, 0.25) is 0 Å². The Morgan fingerprint density at radius 3 is 2.88 bits per heavy atom. The van der Waals surface area contributed by atoms with Crippen LogP contribution in [0.1, 0.15) is 20.3 Å². The molecule has 0 fully saturated rings. The Balaban J connectivity index is 3.00. The van der Waals surface area contributed by atoms with Crippen molar-refractivity contribution < 1.29 is 0 Å². The van der Waals surface area contributed by atoms with Crippen molar-refractivity contribution in [2.24, 2.45) is 5.73 Å². The minimum Gasteiger partial charge on any atom is -0.388 e. The number of aryl methyl sites for hydroxylation is 1. The van der Waals surface area contributed by atoms with E-state index < -0.39 is 0 Å². The molecule has 6 nitrogen and oxygen atoms in total.